The quantitative estimate of drug-likeness (QED) is 0.277. The van der Waals surface area contributed by atoms with Crippen LogP contribution in [0.2, 0.25) is 0 Å². The molecule has 10 heteroatoms. The van der Waals surface area contributed by atoms with Gasteiger partial charge in [0.15, 0.2) is 0 Å². The summed E-state index contributed by atoms with van der Waals surface area (Å²) in [4.78, 5) is 23.0. The van der Waals surface area contributed by atoms with Gasteiger partial charge in [-0.15, -0.1) is 0 Å². The van der Waals surface area contributed by atoms with Gasteiger partial charge in [0.05, 0.1) is 0 Å². The first-order valence-electron chi connectivity index (χ1n) is 10.1. The van der Waals surface area contributed by atoms with Crippen molar-refractivity contribution in [2.24, 2.45) is 5.73 Å². The van der Waals surface area contributed by atoms with Crippen molar-refractivity contribution in [1.82, 2.24) is 15.2 Å². The summed E-state index contributed by atoms with van der Waals surface area (Å²) in [7, 11) is 1.29. The Hall–Kier alpha value is -1.36. The lowest BCUT2D eigenvalue weighted by atomic mass is 10.1. The molecule has 28 heavy (non-hydrogen) atoms. The summed E-state index contributed by atoms with van der Waals surface area (Å²) in [5.41, 5.74) is 5.01. The average molecular weight is 420 g/mol. The molecule has 0 aliphatic rings. The standard InChI is InChI=1S/C18H39N4O5Si/c1-5-16-22(28(25-2,26-3)27-4)18(24)21-15-13-11-9-7-6-8-10-12-14-20-17(19)23/h5-16H2,1-4H3,(H3,19,20,23). The van der Waals surface area contributed by atoms with Crippen molar-refractivity contribution in [3.8, 4) is 0 Å². The van der Waals surface area contributed by atoms with E-state index in [2.05, 4.69) is 10.6 Å². The van der Waals surface area contributed by atoms with Crippen molar-refractivity contribution in [3.63, 3.8) is 0 Å². The van der Waals surface area contributed by atoms with Crippen LogP contribution in [-0.2, 0) is 13.3 Å². The zero-order valence-electron chi connectivity index (χ0n) is 18.0. The zero-order chi connectivity index (χ0) is 21.3. The van der Waals surface area contributed by atoms with E-state index >= 15 is 0 Å². The molecule has 0 atom stereocenters. The Kier molecular flexibility index (Phi) is 15.8. The number of rotatable bonds is 17. The van der Waals surface area contributed by atoms with Crippen LogP contribution in [0, 0.1) is 0 Å². The molecule has 0 rings (SSSR count). The smallest absolute Gasteiger partial charge is 0.360 e. The van der Waals surface area contributed by atoms with Crippen LogP contribution in [0.4, 0.5) is 9.59 Å². The van der Waals surface area contributed by atoms with Gasteiger partial charge in [0, 0.05) is 41.0 Å². The number of urea groups is 2. The van der Waals surface area contributed by atoms with Crippen LogP contribution >= 0.6 is 0 Å². The lowest BCUT2D eigenvalue weighted by molar-refractivity contribution is 0.0680. The third-order valence-corrected chi connectivity index (χ3v) is 7.04. The minimum absolute atomic E-state index is 0.330. The largest absolute Gasteiger partial charge is 0.636 e. The molecule has 0 aliphatic heterocycles. The molecule has 165 valence electrons. The summed E-state index contributed by atoms with van der Waals surface area (Å²) >= 11 is 0. The second-order valence-corrected chi connectivity index (χ2v) is 9.38. The first-order valence-corrected chi connectivity index (χ1v) is 11.8. The highest BCUT2D eigenvalue weighted by atomic mass is 28.4. The molecule has 9 nitrogen and oxygen atoms in total. The number of primary amides is 1. The Morgan fingerprint density at radius 3 is 1.89 bits per heavy atom. The number of nitrogens with one attached hydrogen (secondary N) is 1. The average Bonchev–Trinajstić information content (AvgIpc) is 2.69. The van der Waals surface area contributed by atoms with E-state index in [0.717, 1.165) is 44.9 Å². The van der Waals surface area contributed by atoms with Gasteiger partial charge in [-0.25, -0.2) is 14.9 Å². The highest BCUT2D eigenvalue weighted by molar-refractivity contribution is 6.60. The molecule has 0 unspecified atom stereocenters. The van der Waals surface area contributed by atoms with E-state index in [1.54, 1.807) is 0 Å². The predicted octanol–water partition coefficient (Wildman–Crippen LogP) is 2.59. The molecule has 0 fully saturated rings. The molecule has 0 aromatic rings. The molecule has 3 N–H and O–H groups in total. The number of hydrogen-bond donors (Lipinski definition) is 2. The van der Waals surface area contributed by atoms with Gasteiger partial charge >= 0.3 is 21.0 Å². The summed E-state index contributed by atoms with van der Waals surface area (Å²) < 4.78 is 17.7. The Bertz CT molecular complexity index is 417. The predicted molar refractivity (Wildman–Crippen MR) is 111 cm³/mol. The maximum atomic E-state index is 12.5. The van der Waals surface area contributed by atoms with Crippen molar-refractivity contribution in [2.45, 2.75) is 64.7 Å². The maximum Gasteiger partial charge on any atom is 0.636 e. The molecule has 4 amide bonds. The first-order chi connectivity index (χ1) is 13.5. The van der Waals surface area contributed by atoms with Crippen LogP contribution in [0.15, 0.2) is 0 Å². The zero-order valence-corrected chi connectivity index (χ0v) is 19.0. The van der Waals surface area contributed by atoms with Crippen LogP contribution in [0.1, 0.15) is 64.7 Å². The molecule has 1 radical (unpaired) electrons. The number of hydrogen-bond acceptors (Lipinski definition) is 5. The van der Waals surface area contributed by atoms with Gasteiger partial charge in [-0.2, -0.15) is 0 Å². The Balaban J connectivity index is 3.88. The summed E-state index contributed by atoms with van der Waals surface area (Å²) in [6.07, 6.45) is 9.42. The third-order valence-electron chi connectivity index (χ3n) is 4.41. The van der Waals surface area contributed by atoms with Crippen LogP contribution in [0.3, 0.4) is 0 Å². The lowest BCUT2D eigenvalue weighted by Gasteiger charge is -2.34. The Morgan fingerprint density at radius 1 is 0.929 bits per heavy atom. The van der Waals surface area contributed by atoms with E-state index in [0.29, 0.717) is 19.6 Å². The van der Waals surface area contributed by atoms with Crippen molar-refractivity contribution in [3.05, 3.63) is 0 Å². The summed E-state index contributed by atoms with van der Waals surface area (Å²) in [6, 6.07) is -0.787. The summed E-state index contributed by atoms with van der Waals surface area (Å²) in [6.45, 7) is 3.62. The second kappa shape index (κ2) is 16.6. The van der Waals surface area contributed by atoms with Gasteiger partial charge < -0.3 is 24.3 Å². The van der Waals surface area contributed by atoms with E-state index in [9.17, 15) is 9.59 Å². The highest BCUT2D eigenvalue weighted by Crippen LogP contribution is 2.15. The monoisotopic (exact) mass is 419 g/mol. The second-order valence-electron chi connectivity index (χ2n) is 6.57. The molecule has 0 spiro atoms. The van der Waals surface area contributed by atoms with Crippen molar-refractivity contribution in [1.29, 1.82) is 0 Å². The van der Waals surface area contributed by atoms with Crippen LogP contribution in [-0.4, -0.2) is 66.6 Å². The van der Waals surface area contributed by atoms with Crippen LogP contribution < -0.4 is 16.4 Å². The molecule has 0 saturated carbocycles. The SMILES string of the molecule is CCCN(C(=O)[N]CCCCCCCCCCNC(N)=O)[Si](OC)(OC)OC. The molecule has 0 bridgehead atoms. The van der Waals surface area contributed by atoms with Crippen molar-refractivity contribution >= 4 is 21.0 Å². The number of nitrogens with two attached hydrogens (primary N) is 1. The van der Waals surface area contributed by atoms with E-state index < -0.39 is 15.0 Å². The van der Waals surface area contributed by atoms with Crippen molar-refractivity contribution in [2.75, 3.05) is 41.0 Å². The lowest BCUT2D eigenvalue weighted by Crippen LogP contribution is -2.63. The van der Waals surface area contributed by atoms with Gasteiger partial charge in [0.25, 0.3) is 0 Å². The van der Waals surface area contributed by atoms with Gasteiger partial charge in [-0.3, -0.25) is 4.57 Å². The number of carbonyl (C=O) groups excluding carboxylic acids is 2. The van der Waals surface area contributed by atoms with E-state index in [4.69, 9.17) is 19.0 Å². The summed E-state index contributed by atoms with van der Waals surface area (Å²) in [5, 5.41) is 6.76. The fourth-order valence-electron chi connectivity index (χ4n) is 2.92. The van der Waals surface area contributed by atoms with Crippen molar-refractivity contribution < 1.29 is 22.9 Å². The number of unbranched alkanes of at least 4 members (excludes halogenated alkanes) is 7. The summed E-state index contributed by atoms with van der Waals surface area (Å²) in [5.74, 6) is 0. The van der Waals surface area contributed by atoms with Gasteiger partial charge in [0.2, 0.25) is 0 Å². The molecular formula is C18H39N4O5Si. The topological polar surface area (TPSA) is 117 Å². The third kappa shape index (κ3) is 10.8. The van der Waals surface area contributed by atoms with Gasteiger partial charge in [-0.1, -0.05) is 45.4 Å². The minimum atomic E-state index is -3.18. The highest BCUT2D eigenvalue weighted by Gasteiger charge is 2.49. The molecule has 0 saturated heterocycles. The first kappa shape index (κ1) is 26.6. The molecule has 0 aliphatic carbocycles. The number of nitrogens with zero attached hydrogens (tertiary/aromatic N) is 2. The van der Waals surface area contributed by atoms with E-state index in [-0.39, 0.29) is 6.03 Å². The van der Waals surface area contributed by atoms with Crippen LogP contribution in [0.25, 0.3) is 0 Å². The number of amides is 4. The number of carbonyl (C=O) groups is 2. The van der Waals surface area contributed by atoms with E-state index in [1.807, 2.05) is 6.92 Å². The minimum Gasteiger partial charge on any atom is -0.360 e. The molecule has 0 heterocycles. The fourth-order valence-corrected chi connectivity index (χ4v) is 4.89. The normalized spacial score (nSPS) is 11.3. The van der Waals surface area contributed by atoms with E-state index in [1.165, 1.54) is 38.7 Å². The molecular weight excluding hydrogens is 380 g/mol. The van der Waals surface area contributed by atoms with Gasteiger partial charge in [0.1, 0.15) is 0 Å². The Morgan fingerprint density at radius 2 is 1.43 bits per heavy atom. The van der Waals surface area contributed by atoms with Crippen LogP contribution in [0.5, 0.6) is 0 Å². The molecule has 0 aromatic heterocycles. The van der Waals surface area contributed by atoms with Gasteiger partial charge in [-0.05, 0) is 19.3 Å². The maximum absolute atomic E-state index is 12.5. The fraction of sp³-hybridized carbons (Fsp3) is 0.889. The Labute approximate surface area is 171 Å². The molecule has 0 aromatic carbocycles.